The molecule has 0 radical (unpaired) electrons. The number of benzene rings is 2. The van der Waals surface area contributed by atoms with E-state index in [9.17, 15) is 14.7 Å². The van der Waals surface area contributed by atoms with Crippen LogP contribution < -0.4 is 11.0 Å². The Hall–Kier alpha value is -2.73. The lowest BCUT2D eigenvalue weighted by Crippen LogP contribution is -2.12. The summed E-state index contributed by atoms with van der Waals surface area (Å²) in [6, 6.07) is 9.15. The first kappa shape index (κ1) is 13.3. The molecule has 0 saturated carbocycles. The molecule has 1 amide bonds. The molecule has 0 fully saturated rings. The van der Waals surface area contributed by atoms with Crippen molar-refractivity contribution in [3.8, 4) is 5.75 Å². The summed E-state index contributed by atoms with van der Waals surface area (Å²) in [6.45, 7) is 0. The highest BCUT2D eigenvalue weighted by atomic mass is 35.5. The second kappa shape index (κ2) is 4.99. The van der Waals surface area contributed by atoms with Crippen molar-refractivity contribution in [1.82, 2.24) is 9.97 Å². The van der Waals surface area contributed by atoms with Crippen LogP contribution in [0.5, 0.6) is 5.75 Å². The first-order valence-corrected chi connectivity index (χ1v) is 6.42. The average Bonchev–Trinajstić information content (AvgIpc) is 2.80. The second-order valence-corrected chi connectivity index (χ2v) is 4.89. The smallest absolute Gasteiger partial charge is 0.323 e. The number of carbonyl (C=O) groups excluding carboxylic acids is 1. The number of aromatic amines is 2. The topological polar surface area (TPSA) is 98.0 Å². The van der Waals surface area contributed by atoms with Gasteiger partial charge < -0.3 is 20.4 Å². The predicted octanol–water partition coefficient (Wildman–Crippen LogP) is 2.47. The molecule has 1 heterocycles. The molecule has 7 heteroatoms. The van der Waals surface area contributed by atoms with Crippen molar-refractivity contribution >= 4 is 34.2 Å². The van der Waals surface area contributed by atoms with Gasteiger partial charge in [-0.15, -0.1) is 0 Å². The van der Waals surface area contributed by atoms with Crippen LogP contribution in [0.1, 0.15) is 10.4 Å². The zero-order valence-electron chi connectivity index (χ0n) is 10.6. The number of aromatic nitrogens is 2. The fraction of sp³-hybridized carbons (Fsp3) is 0. The predicted molar refractivity (Wildman–Crippen MR) is 80.0 cm³/mol. The number of nitrogens with one attached hydrogen (secondary N) is 3. The number of rotatable bonds is 2. The first-order chi connectivity index (χ1) is 10.0. The number of amides is 1. The second-order valence-electron chi connectivity index (χ2n) is 4.46. The summed E-state index contributed by atoms with van der Waals surface area (Å²) in [5.74, 6) is -0.653. The van der Waals surface area contributed by atoms with Crippen LogP contribution in [-0.2, 0) is 0 Å². The third-order valence-electron chi connectivity index (χ3n) is 2.98. The summed E-state index contributed by atoms with van der Waals surface area (Å²) in [7, 11) is 0. The van der Waals surface area contributed by atoms with Gasteiger partial charge in [0.25, 0.3) is 5.91 Å². The lowest BCUT2D eigenvalue weighted by molar-refractivity contribution is 0.102. The van der Waals surface area contributed by atoms with Crippen LogP contribution in [0.2, 0.25) is 5.02 Å². The van der Waals surface area contributed by atoms with Crippen LogP contribution in [0, 0.1) is 0 Å². The Morgan fingerprint density at radius 3 is 2.67 bits per heavy atom. The SMILES string of the molecule is O=C(Nc1ccc2[nH]c(=O)[nH]c2c1)c1cc(Cl)ccc1O. The third kappa shape index (κ3) is 2.61. The molecule has 0 aliphatic rings. The molecule has 0 bridgehead atoms. The quantitative estimate of drug-likeness (QED) is 0.585. The van der Waals surface area contributed by atoms with E-state index in [0.717, 1.165) is 0 Å². The van der Waals surface area contributed by atoms with Crippen LogP contribution in [0.3, 0.4) is 0 Å². The summed E-state index contributed by atoms with van der Waals surface area (Å²) in [5.41, 5.74) is 1.46. The molecule has 0 aliphatic carbocycles. The minimum absolute atomic E-state index is 0.0742. The molecule has 4 N–H and O–H groups in total. The van der Waals surface area contributed by atoms with E-state index in [1.165, 1.54) is 18.2 Å². The molecule has 0 atom stereocenters. The minimum Gasteiger partial charge on any atom is -0.507 e. The van der Waals surface area contributed by atoms with Gasteiger partial charge in [-0.2, -0.15) is 0 Å². The fourth-order valence-electron chi connectivity index (χ4n) is 2.00. The normalized spacial score (nSPS) is 10.7. The van der Waals surface area contributed by atoms with Crippen molar-refractivity contribution in [1.29, 1.82) is 0 Å². The van der Waals surface area contributed by atoms with E-state index >= 15 is 0 Å². The van der Waals surface area contributed by atoms with Crippen LogP contribution in [0.15, 0.2) is 41.2 Å². The van der Waals surface area contributed by atoms with Gasteiger partial charge >= 0.3 is 5.69 Å². The van der Waals surface area contributed by atoms with Crippen LogP contribution in [-0.4, -0.2) is 21.0 Å². The van der Waals surface area contributed by atoms with Crippen LogP contribution in [0.25, 0.3) is 11.0 Å². The van der Waals surface area contributed by atoms with Gasteiger partial charge in [-0.05, 0) is 36.4 Å². The van der Waals surface area contributed by atoms with Gasteiger partial charge in [0, 0.05) is 10.7 Å². The number of phenols is 1. The summed E-state index contributed by atoms with van der Waals surface area (Å²) in [5, 5.41) is 12.7. The lowest BCUT2D eigenvalue weighted by atomic mass is 10.2. The molecule has 2 aromatic carbocycles. The number of aromatic hydroxyl groups is 1. The zero-order chi connectivity index (χ0) is 15.0. The van der Waals surface area contributed by atoms with E-state index < -0.39 is 5.91 Å². The molecule has 1 aromatic heterocycles. The van der Waals surface area contributed by atoms with Gasteiger partial charge in [-0.25, -0.2) is 4.79 Å². The highest BCUT2D eigenvalue weighted by Gasteiger charge is 2.12. The largest absolute Gasteiger partial charge is 0.507 e. The number of fused-ring (bicyclic) bond motifs is 1. The average molecular weight is 304 g/mol. The monoisotopic (exact) mass is 303 g/mol. The molecule has 0 aliphatic heterocycles. The molecule has 0 saturated heterocycles. The Kier molecular flexibility index (Phi) is 3.15. The third-order valence-corrected chi connectivity index (χ3v) is 3.21. The van der Waals surface area contributed by atoms with Crippen molar-refractivity contribution in [3.05, 3.63) is 57.5 Å². The van der Waals surface area contributed by atoms with Gasteiger partial charge in [-0.1, -0.05) is 11.6 Å². The maximum atomic E-state index is 12.1. The van der Waals surface area contributed by atoms with Crippen molar-refractivity contribution in [2.45, 2.75) is 0 Å². The molecule has 0 spiro atoms. The van der Waals surface area contributed by atoms with Crippen molar-refractivity contribution in [3.63, 3.8) is 0 Å². The maximum Gasteiger partial charge on any atom is 0.323 e. The van der Waals surface area contributed by atoms with Gasteiger partial charge in [0.15, 0.2) is 0 Å². The summed E-state index contributed by atoms with van der Waals surface area (Å²) in [4.78, 5) is 28.5. The Bertz CT molecular complexity index is 898. The van der Waals surface area contributed by atoms with Crippen molar-refractivity contribution in [2.24, 2.45) is 0 Å². The molecule has 3 aromatic rings. The fourth-order valence-corrected chi connectivity index (χ4v) is 2.17. The molecular weight excluding hydrogens is 294 g/mol. The molecule has 21 heavy (non-hydrogen) atoms. The Labute approximate surface area is 123 Å². The number of H-pyrrole nitrogens is 2. The number of hydrogen-bond acceptors (Lipinski definition) is 3. The highest BCUT2D eigenvalue weighted by molar-refractivity contribution is 6.31. The van der Waals surface area contributed by atoms with E-state index in [1.54, 1.807) is 18.2 Å². The number of imidazole rings is 1. The van der Waals surface area contributed by atoms with E-state index in [-0.39, 0.29) is 17.0 Å². The van der Waals surface area contributed by atoms with Gasteiger partial charge in [0.05, 0.1) is 16.6 Å². The van der Waals surface area contributed by atoms with E-state index in [1.807, 2.05) is 0 Å². The number of hydrogen-bond donors (Lipinski definition) is 4. The zero-order valence-corrected chi connectivity index (χ0v) is 11.4. The van der Waals surface area contributed by atoms with Crippen molar-refractivity contribution in [2.75, 3.05) is 5.32 Å². The molecule has 106 valence electrons. The number of anilines is 1. The van der Waals surface area contributed by atoms with Gasteiger partial charge in [-0.3, -0.25) is 4.79 Å². The molecular formula is C14H10ClN3O3. The summed E-state index contributed by atoms with van der Waals surface area (Å²) in [6.07, 6.45) is 0. The first-order valence-electron chi connectivity index (χ1n) is 6.05. The Balaban J connectivity index is 1.92. The summed E-state index contributed by atoms with van der Waals surface area (Å²) < 4.78 is 0. The maximum absolute atomic E-state index is 12.1. The Morgan fingerprint density at radius 2 is 1.86 bits per heavy atom. The van der Waals surface area contributed by atoms with Crippen molar-refractivity contribution < 1.29 is 9.90 Å². The summed E-state index contributed by atoms with van der Waals surface area (Å²) >= 11 is 5.81. The molecule has 0 unspecified atom stereocenters. The van der Waals surface area contributed by atoms with Crippen LogP contribution >= 0.6 is 11.6 Å². The lowest BCUT2D eigenvalue weighted by Gasteiger charge is -2.07. The van der Waals surface area contributed by atoms with Gasteiger partial charge in [0.2, 0.25) is 0 Å². The molecule has 3 rings (SSSR count). The molecule has 6 nitrogen and oxygen atoms in total. The standard InChI is InChI=1S/C14H10ClN3O3/c15-7-1-4-12(19)9(5-7)13(20)16-8-2-3-10-11(6-8)18-14(21)17-10/h1-6,19H,(H,16,20)(H2,17,18,21). The van der Waals surface area contributed by atoms with E-state index in [0.29, 0.717) is 21.7 Å². The van der Waals surface area contributed by atoms with E-state index in [4.69, 9.17) is 11.6 Å². The number of halogens is 1. The highest BCUT2D eigenvalue weighted by Crippen LogP contribution is 2.23. The Morgan fingerprint density at radius 1 is 1.10 bits per heavy atom. The van der Waals surface area contributed by atoms with Gasteiger partial charge in [0.1, 0.15) is 5.75 Å². The van der Waals surface area contributed by atoms with Crippen LogP contribution in [0.4, 0.5) is 5.69 Å². The number of phenolic OH excluding ortho intramolecular Hbond substituents is 1. The minimum atomic E-state index is -0.493. The number of carbonyl (C=O) groups is 1. The van der Waals surface area contributed by atoms with E-state index in [2.05, 4.69) is 15.3 Å².